The smallest absolute Gasteiger partial charge is 0.293 e. The van der Waals surface area contributed by atoms with Crippen LogP contribution >= 0.6 is 11.3 Å². The maximum Gasteiger partial charge on any atom is 0.293 e. The fraction of sp³-hybridized carbons (Fsp3) is 0.0400. The molecule has 5 aromatic rings. The second-order valence-electron chi connectivity index (χ2n) is 6.87. The molecule has 0 aliphatic heterocycles. The highest BCUT2D eigenvalue weighted by Crippen LogP contribution is 2.29. The molecule has 0 aliphatic carbocycles. The first-order chi connectivity index (χ1) is 15.3. The minimum atomic E-state index is -0.350. The number of amides is 1. The number of rotatable bonds is 6. The number of hydrogen-bond donors (Lipinski definition) is 1. The third-order valence-electron chi connectivity index (χ3n) is 4.83. The van der Waals surface area contributed by atoms with Crippen molar-refractivity contribution in [1.82, 2.24) is 4.98 Å². The molecular weight excluding hydrogens is 408 g/mol. The summed E-state index contributed by atoms with van der Waals surface area (Å²) in [6.07, 6.45) is 0. The van der Waals surface area contributed by atoms with Gasteiger partial charge in [-0.15, -0.1) is 11.3 Å². The van der Waals surface area contributed by atoms with Gasteiger partial charge in [0.15, 0.2) is 10.9 Å². The number of nitrogens with zero attached hydrogens (tertiary/aromatic N) is 1. The minimum Gasteiger partial charge on any atom is -0.489 e. The third-order valence-corrected chi connectivity index (χ3v) is 5.58. The van der Waals surface area contributed by atoms with Crippen molar-refractivity contribution in [1.29, 1.82) is 0 Å². The van der Waals surface area contributed by atoms with Crippen LogP contribution < -0.4 is 10.1 Å². The van der Waals surface area contributed by atoms with Crippen LogP contribution in [0.3, 0.4) is 0 Å². The van der Waals surface area contributed by atoms with Crippen molar-refractivity contribution in [3.8, 4) is 17.0 Å². The van der Waals surface area contributed by atoms with E-state index in [0.29, 0.717) is 16.3 Å². The van der Waals surface area contributed by atoms with Crippen molar-refractivity contribution < 1.29 is 13.9 Å². The van der Waals surface area contributed by atoms with E-state index in [2.05, 4.69) is 10.3 Å². The molecule has 6 heteroatoms. The molecule has 0 saturated carbocycles. The van der Waals surface area contributed by atoms with E-state index in [1.807, 2.05) is 90.3 Å². The molecule has 1 amide bonds. The Balaban J connectivity index is 1.41. The van der Waals surface area contributed by atoms with Gasteiger partial charge in [-0.3, -0.25) is 10.1 Å². The average molecular weight is 426 g/mol. The molecule has 0 bridgehead atoms. The lowest BCUT2D eigenvalue weighted by molar-refractivity contribution is 0.0995. The second kappa shape index (κ2) is 8.45. The maximum absolute atomic E-state index is 13.1. The summed E-state index contributed by atoms with van der Waals surface area (Å²) in [6, 6.07) is 26.9. The van der Waals surface area contributed by atoms with Crippen LogP contribution in [0.2, 0.25) is 0 Å². The van der Waals surface area contributed by atoms with E-state index >= 15 is 0 Å². The lowest BCUT2D eigenvalue weighted by Gasteiger charge is -2.07. The maximum atomic E-state index is 13.1. The normalized spacial score (nSPS) is 10.8. The predicted molar refractivity (Wildman–Crippen MR) is 122 cm³/mol. The van der Waals surface area contributed by atoms with Gasteiger partial charge in [0.1, 0.15) is 17.9 Å². The summed E-state index contributed by atoms with van der Waals surface area (Å²) in [4.78, 5) is 17.6. The lowest BCUT2D eigenvalue weighted by Crippen LogP contribution is -2.13. The van der Waals surface area contributed by atoms with Crippen molar-refractivity contribution in [2.45, 2.75) is 6.61 Å². The van der Waals surface area contributed by atoms with Gasteiger partial charge in [-0.05, 0) is 18.2 Å². The van der Waals surface area contributed by atoms with Gasteiger partial charge < -0.3 is 9.15 Å². The highest BCUT2D eigenvalue weighted by atomic mass is 32.1. The number of para-hydroxylation sites is 2. The van der Waals surface area contributed by atoms with Gasteiger partial charge in [-0.1, -0.05) is 66.7 Å². The number of fused-ring (bicyclic) bond motifs is 1. The molecule has 0 aliphatic rings. The van der Waals surface area contributed by atoms with E-state index in [9.17, 15) is 4.79 Å². The van der Waals surface area contributed by atoms with Crippen LogP contribution in [0.4, 0.5) is 5.13 Å². The Labute approximate surface area is 182 Å². The molecule has 3 aromatic carbocycles. The van der Waals surface area contributed by atoms with Crippen LogP contribution in [0.25, 0.3) is 22.2 Å². The first-order valence-corrected chi connectivity index (χ1v) is 10.7. The number of carbonyl (C=O) groups excluding carboxylic acids is 1. The second-order valence-corrected chi connectivity index (χ2v) is 7.72. The molecule has 2 aromatic heterocycles. The highest BCUT2D eigenvalue weighted by Gasteiger charge is 2.22. The SMILES string of the molecule is O=C(Nc1nc(-c2ccccc2)cs1)c1oc2ccccc2c1COc1ccccc1. The topological polar surface area (TPSA) is 64.4 Å². The van der Waals surface area contributed by atoms with E-state index in [1.165, 1.54) is 11.3 Å². The Morgan fingerprint density at radius 3 is 2.45 bits per heavy atom. The van der Waals surface area contributed by atoms with Crippen LogP contribution in [0.15, 0.2) is 94.7 Å². The highest BCUT2D eigenvalue weighted by molar-refractivity contribution is 7.14. The van der Waals surface area contributed by atoms with E-state index in [-0.39, 0.29) is 18.3 Å². The van der Waals surface area contributed by atoms with Gasteiger partial charge >= 0.3 is 0 Å². The third kappa shape index (κ3) is 4.06. The Kier molecular flexibility index (Phi) is 5.21. The van der Waals surface area contributed by atoms with Gasteiger partial charge in [0.2, 0.25) is 0 Å². The van der Waals surface area contributed by atoms with Crippen LogP contribution in [0.5, 0.6) is 5.75 Å². The Hall–Kier alpha value is -3.90. The number of carbonyl (C=O) groups is 1. The molecule has 0 saturated heterocycles. The molecule has 5 nitrogen and oxygen atoms in total. The number of nitrogens with one attached hydrogen (secondary N) is 1. The average Bonchev–Trinajstić information content (AvgIpc) is 3.44. The predicted octanol–water partition coefficient (Wildman–Crippen LogP) is 6.39. The fourth-order valence-corrected chi connectivity index (χ4v) is 4.04. The molecule has 152 valence electrons. The number of aromatic nitrogens is 1. The number of anilines is 1. The van der Waals surface area contributed by atoms with Crippen LogP contribution in [-0.4, -0.2) is 10.9 Å². The van der Waals surface area contributed by atoms with Crippen LogP contribution in [0.1, 0.15) is 16.1 Å². The minimum absolute atomic E-state index is 0.219. The summed E-state index contributed by atoms with van der Waals surface area (Å²) in [5.74, 6) is 0.608. The summed E-state index contributed by atoms with van der Waals surface area (Å²) in [6.45, 7) is 0.219. The zero-order valence-electron chi connectivity index (χ0n) is 16.4. The molecular formula is C25H18N2O3S. The Morgan fingerprint density at radius 2 is 1.65 bits per heavy atom. The van der Waals surface area contributed by atoms with Crippen molar-refractivity contribution in [2.24, 2.45) is 0 Å². The summed E-state index contributed by atoms with van der Waals surface area (Å²) >= 11 is 1.37. The van der Waals surface area contributed by atoms with Crippen molar-refractivity contribution >= 4 is 33.3 Å². The van der Waals surface area contributed by atoms with Gasteiger partial charge in [-0.25, -0.2) is 4.98 Å². The van der Waals surface area contributed by atoms with E-state index in [0.717, 1.165) is 22.4 Å². The van der Waals surface area contributed by atoms with Crippen molar-refractivity contribution in [3.05, 3.63) is 102 Å². The lowest BCUT2D eigenvalue weighted by atomic mass is 10.1. The van der Waals surface area contributed by atoms with Gasteiger partial charge in [-0.2, -0.15) is 0 Å². The number of thiazole rings is 1. The van der Waals surface area contributed by atoms with Gasteiger partial charge in [0.05, 0.1) is 5.69 Å². The Morgan fingerprint density at radius 1 is 0.935 bits per heavy atom. The van der Waals surface area contributed by atoms with Gasteiger partial charge in [0, 0.05) is 21.9 Å². The summed E-state index contributed by atoms with van der Waals surface area (Å²) in [5, 5.41) is 6.15. The van der Waals surface area contributed by atoms with Gasteiger partial charge in [0.25, 0.3) is 5.91 Å². The van der Waals surface area contributed by atoms with E-state index in [4.69, 9.17) is 9.15 Å². The largest absolute Gasteiger partial charge is 0.489 e. The Bertz CT molecular complexity index is 1330. The molecule has 0 atom stereocenters. The first-order valence-electron chi connectivity index (χ1n) is 9.78. The number of ether oxygens (including phenoxy) is 1. The molecule has 2 heterocycles. The molecule has 5 rings (SSSR count). The van der Waals surface area contributed by atoms with Crippen molar-refractivity contribution in [3.63, 3.8) is 0 Å². The molecule has 31 heavy (non-hydrogen) atoms. The molecule has 0 fully saturated rings. The number of furan rings is 1. The zero-order chi connectivity index (χ0) is 21.0. The molecule has 0 spiro atoms. The molecule has 0 radical (unpaired) electrons. The summed E-state index contributed by atoms with van der Waals surface area (Å²) < 4.78 is 11.8. The van der Waals surface area contributed by atoms with Crippen LogP contribution in [-0.2, 0) is 6.61 Å². The zero-order valence-corrected chi connectivity index (χ0v) is 17.3. The van der Waals surface area contributed by atoms with E-state index in [1.54, 1.807) is 0 Å². The monoisotopic (exact) mass is 426 g/mol. The fourth-order valence-electron chi connectivity index (χ4n) is 3.32. The van der Waals surface area contributed by atoms with E-state index < -0.39 is 0 Å². The first kappa shape index (κ1) is 19.1. The molecule has 1 N–H and O–H groups in total. The quantitative estimate of drug-likeness (QED) is 0.342. The standard InChI is InChI=1S/C25H18N2O3S/c28-24(27-25-26-21(16-31-25)17-9-3-1-4-10-17)23-20(15-29-18-11-5-2-6-12-18)19-13-7-8-14-22(19)30-23/h1-14,16H,15H2,(H,26,27,28). The number of hydrogen-bond acceptors (Lipinski definition) is 5. The van der Waals surface area contributed by atoms with Crippen molar-refractivity contribution in [2.75, 3.05) is 5.32 Å². The summed E-state index contributed by atoms with van der Waals surface area (Å²) in [5.41, 5.74) is 3.17. The molecule has 0 unspecified atom stereocenters. The number of benzene rings is 3. The van der Waals surface area contributed by atoms with Crippen LogP contribution in [0, 0.1) is 0 Å². The summed E-state index contributed by atoms with van der Waals surface area (Å²) in [7, 11) is 0.